The first kappa shape index (κ1) is 22.6. The second kappa shape index (κ2) is 8.23. The monoisotopic (exact) mass is 475 g/mol. The van der Waals surface area contributed by atoms with Crippen LogP contribution in [0.2, 0.25) is 0 Å². The number of nitrogens with zero attached hydrogens (tertiary/aromatic N) is 4. The number of ketones is 1. The van der Waals surface area contributed by atoms with Crippen molar-refractivity contribution in [1.29, 1.82) is 0 Å². The number of Topliss-reactive ketones (excluding diaryl/α,β-unsaturated/α-hetero) is 1. The molecule has 0 saturated heterocycles. The predicted molar refractivity (Wildman–Crippen MR) is 128 cm³/mol. The van der Waals surface area contributed by atoms with Gasteiger partial charge in [-0.2, -0.15) is 4.98 Å². The lowest BCUT2D eigenvalue weighted by atomic mass is 9.73. The van der Waals surface area contributed by atoms with Gasteiger partial charge in [-0.05, 0) is 36.1 Å². The molecule has 1 aliphatic carbocycles. The molecule has 0 spiro atoms. The molecule has 0 radical (unpaired) electrons. The van der Waals surface area contributed by atoms with E-state index < -0.39 is 11.0 Å². The Labute approximate surface area is 201 Å². The fourth-order valence-corrected chi connectivity index (χ4v) is 4.88. The Bertz CT molecular complexity index is 1390. The second-order valence-corrected chi connectivity index (χ2v) is 9.45. The molecule has 1 unspecified atom stereocenters. The van der Waals surface area contributed by atoms with Gasteiger partial charge in [0.05, 0.1) is 24.7 Å². The number of benzene rings is 2. The number of nitrogens with one attached hydrogen (secondary N) is 1. The first-order chi connectivity index (χ1) is 16.7. The average molecular weight is 476 g/mol. The van der Waals surface area contributed by atoms with E-state index in [-0.39, 0.29) is 16.9 Å². The van der Waals surface area contributed by atoms with Crippen LogP contribution in [0.3, 0.4) is 0 Å². The molecule has 0 amide bonds. The molecule has 1 aromatic heterocycles. The predicted octanol–water partition coefficient (Wildman–Crippen LogP) is 4.53. The lowest BCUT2D eigenvalue weighted by Gasteiger charge is -2.38. The summed E-state index contributed by atoms with van der Waals surface area (Å²) in [6.45, 7) is 4.06. The Morgan fingerprint density at radius 3 is 2.57 bits per heavy atom. The van der Waals surface area contributed by atoms with Crippen molar-refractivity contribution in [3.05, 3.63) is 69.4 Å². The van der Waals surface area contributed by atoms with Gasteiger partial charge in [0.2, 0.25) is 5.95 Å². The van der Waals surface area contributed by atoms with Crippen LogP contribution in [-0.4, -0.2) is 39.7 Å². The van der Waals surface area contributed by atoms with E-state index >= 15 is 0 Å². The van der Waals surface area contributed by atoms with Gasteiger partial charge in [-0.25, -0.2) is 4.68 Å². The number of fused-ring (bicyclic) bond motifs is 1. The second-order valence-electron chi connectivity index (χ2n) is 9.45. The third-order valence-corrected chi connectivity index (χ3v) is 6.40. The minimum atomic E-state index is -0.771. The van der Waals surface area contributed by atoms with Crippen LogP contribution in [0.1, 0.15) is 38.3 Å². The number of methoxy groups -OCH3 is 2. The van der Waals surface area contributed by atoms with Crippen molar-refractivity contribution in [3.8, 4) is 22.9 Å². The number of aromatic nitrogens is 3. The summed E-state index contributed by atoms with van der Waals surface area (Å²) in [7, 11) is 3.10. The van der Waals surface area contributed by atoms with E-state index in [1.165, 1.54) is 6.07 Å². The SMILES string of the molecule is COc1ccc(-c2nc3n(n2)C(c2ccccc2[N+](=O)[O-])C2=C(CC(C)(C)CC2=O)N3)cc1OC. The molecule has 0 saturated carbocycles. The molecule has 2 aromatic carbocycles. The van der Waals surface area contributed by atoms with Gasteiger partial charge in [0.25, 0.3) is 5.69 Å². The van der Waals surface area contributed by atoms with Crippen LogP contribution < -0.4 is 14.8 Å². The first-order valence-electron chi connectivity index (χ1n) is 11.2. The Morgan fingerprint density at radius 1 is 1.11 bits per heavy atom. The quantitative estimate of drug-likeness (QED) is 0.422. The largest absolute Gasteiger partial charge is 0.493 e. The summed E-state index contributed by atoms with van der Waals surface area (Å²) in [6, 6.07) is 11.0. The van der Waals surface area contributed by atoms with E-state index in [9.17, 15) is 14.9 Å². The highest BCUT2D eigenvalue weighted by molar-refractivity contribution is 6.00. The number of para-hydroxylation sites is 1. The third-order valence-electron chi connectivity index (χ3n) is 6.40. The fourth-order valence-electron chi connectivity index (χ4n) is 4.88. The van der Waals surface area contributed by atoms with Gasteiger partial charge in [-0.15, -0.1) is 5.10 Å². The van der Waals surface area contributed by atoms with Crippen LogP contribution in [-0.2, 0) is 4.79 Å². The molecule has 0 fully saturated rings. The van der Waals surface area contributed by atoms with E-state index in [1.54, 1.807) is 49.2 Å². The Kier molecular flexibility index (Phi) is 5.31. The maximum absolute atomic E-state index is 13.4. The molecule has 10 nitrogen and oxygen atoms in total. The minimum Gasteiger partial charge on any atom is -0.493 e. The van der Waals surface area contributed by atoms with Gasteiger partial charge in [-0.1, -0.05) is 26.0 Å². The molecule has 3 aromatic rings. The molecule has 5 rings (SSSR count). The average Bonchev–Trinajstić information content (AvgIpc) is 3.25. The highest BCUT2D eigenvalue weighted by atomic mass is 16.6. The summed E-state index contributed by atoms with van der Waals surface area (Å²) in [5, 5.41) is 19.9. The Hall–Kier alpha value is -4.21. The molecule has 2 aliphatic rings. The van der Waals surface area contributed by atoms with E-state index in [0.29, 0.717) is 52.8 Å². The van der Waals surface area contributed by atoms with E-state index in [0.717, 1.165) is 5.70 Å². The summed E-state index contributed by atoms with van der Waals surface area (Å²) < 4.78 is 12.3. The van der Waals surface area contributed by atoms with Crippen LogP contribution >= 0.6 is 0 Å². The van der Waals surface area contributed by atoms with Crippen LogP contribution in [0, 0.1) is 15.5 Å². The molecule has 1 N–H and O–H groups in total. The molecule has 35 heavy (non-hydrogen) atoms. The van der Waals surface area contributed by atoms with Gasteiger partial charge in [0.15, 0.2) is 23.1 Å². The number of hydrogen-bond acceptors (Lipinski definition) is 8. The van der Waals surface area contributed by atoms with Gasteiger partial charge >= 0.3 is 0 Å². The van der Waals surface area contributed by atoms with Crippen molar-refractivity contribution >= 4 is 17.4 Å². The van der Waals surface area contributed by atoms with Gasteiger partial charge in [0, 0.05) is 29.3 Å². The van der Waals surface area contributed by atoms with Crippen LogP contribution in [0.5, 0.6) is 11.5 Å². The summed E-state index contributed by atoms with van der Waals surface area (Å²) >= 11 is 0. The Balaban J connectivity index is 1.70. The first-order valence-corrected chi connectivity index (χ1v) is 11.2. The number of nitro groups is 1. The number of carbonyl (C=O) groups is 1. The maximum Gasteiger partial charge on any atom is 0.275 e. The zero-order chi connectivity index (χ0) is 24.9. The standard InChI is InChI=1S/C25H25N5O5/c1-25(2)12-16-21(18(31)13-25)22(15-7-5-6-8-17(15)30(32)33)29-24(26-16)27-23(28-29)14-9-10-19(34-3)20(11-14)35-4/h5-11,22H,12-13H2,1-4H3,(H,26,27,28). The zero-order valence-electron chi connectivity index (χ0n) is 19.9. The zero-order valence-corrected chi connectivity index (χ0v) is 19.9. The minimum absolute atomic E-state index is 0.0549. The van der Waals surface area contributed by atoms with E-state index in [2.05, 4.69) is 5.32 Å². The third kappa shape index (κ3) is 3.80. The number of rotatable bonds is 5. The topological polar surface area (TPSA) is 121 Å². The number of hydrogen-bond donors (Lipinski definition) is 1. The molecular formula is C25H25N5O5. The van der Waals surface area contributed by atoms with Crippen LogP contribution in [0.15, 0.2) is 53.7 Å². The van der Waals surface area contributed by atoms with Crippen molar-refractivity contribution in [1.82, 2.24) is 14.8 Å². The Morgan fingerprint density at radius 2 is 1.86 bits per heavy atom. The molecule has 10 heteroatoms. The summed E-state index contributed by atoms with van der Waals surface area (Å²) in [6.07, 6.45) is 0.959. The lowest BCUT2D eigenvalue weighted by Crippen LogP contribution is -2.36. The van der Waals surface area contributed by atoms with Crippen molar-refractivity contribution in [2.24, 2.45) is 5.41 Å². The molecule has 1 atom stereocenters. The number of ether oxygens (including phenoxy) is 2. The van der Waals surface area contributed by atoms with Gasteiger partial charge < -0.3 is 14.8 Å². The molecular weight excluding hydrogens is 450 g/mol. The maximum atomic E-state index is 13.4. The highest BCUT2D eigenvalue weighted by Gasteiger charge is 2.43. The number of anilines is 1. The van der Waals surface area contributed by atoms with Crippen molar-refractivity contribution < 1.29 is 19.2 Å². The van der Waals surface area contributed by atoms with Crippen LogP contribution in [0.4, 0.5) is 11.6 Å². The normalized spacial score (nSPS) is 18.4. The summed E-state index contributed by atoms with van der Waals surface area (Å²) in [5.74, 6) is 1.85. The van der Waals surface area contributed by atoms with E-state index in [1.807, 2.05) is 19.9 Å². The molecule has 180 valence electrons. The van der Waals surface area contributed by atoms with Crippen molar-refractivity contribution in [2.45, 2.75) is 32.7 Å². The molecule has 1 aliphatic heterocycles. The van der Waals surface area contributed by atoms with Crippen LogP contribution in [0.25, 0.3) is 11.4 Å². The molecule has 0 bridgehead atoms. The lowest BCUT2D eigenvalue weighted by molar-refractivity contribution is -0.385. The smallest absolute Gasteiger partial charge is 0.275 e. The number of allylic oxidation sites excluding steroid dienone is 2. The van der Waals surface area contributed by atoms with Crippen molar-refractivity contribution in [3.63, 3.8) is 0 Å². The highest BCUT2D eigenvalue weighted by Crippen LogP contribution is 2.47. The van der Waals surface area contributed by atoms with Crippen molar-refractivity contribution in [2.75, 3.05) is 19.5 Å². The molecule has 2 heterocycles. The summed E-state index contributed by atoms with van der Waals surface area (Å²) in [5.41, 5.74) is 1.98. The van der Waals surface area contributed by atoms with E-state index in [4.69, 9.17) is 19.6 Å². The number of nitro benzene ring substituents is 1. The van der Waals surface area contributed by atoms with Gasteiger partial charge in [0.1, 0.15) is 6.04 Å². The number of carbonyl (C=O) groups excluding carboxylic acids is 1. The van der Waals surface area contributed by atoms with Gasteiger partial charge in [-0.3, -0.25) is 14.9 Å². The summed E-state index contributed by atoms with van der Waals surface area (Å²) in [4.78, 5) is 29.6. The fraction of sp³-hybridized carbons (Fsp3) is 0.320.